The molecule has 140 valence electrons. The Morgan fingerprint density at radius 2 is 1.96 bits per heavy atom. The Bertz CT molecular complexity index is 694. The number of hydroxylamine groups is 2. The third-order valence-electron chi connectivity index (χ3n) is 4.81. The number of likely N-dealkylation sites (N-methyl/N-ethyl adjacent to an activating group) is 1. The molecule has 3 amide bonds. The van der Waals surface area contributed by atoms with Crippen molar-refractivity contribution in [2.75, 3.05) is 20.1 Å². The van der Waals surface area contributed by atoms with E-state index in [0.717, 1.165) is 16.9 Å². The number of nitrogens with one attached hydrogen (secondary N) is 1. The standard InChI is InChI=1S/C18H24N4O4/c1-11(2)4-9-20-13(23)10-22-15(12-5-7-19-8-6-12)14-16(26-22)18(25)21(3)17(14)24/h5-8,11,14-16H,4,9-10H2,1-3H3,(H,20,23). The molecule has 0 aliphatic carbocycles. The van der Waals surface area contributed by atoms with Crippen LogP contribution in [0.1, 0.15) is 31.9 Å². The predicted molar refractivity (Wildman–Crippen MR) is 92.3 cm³/mol. The molecule has 0 radical (unpaired) electrons. The molecule has 1 N–H and O–H groups in total. The van der Waals surface area contributed by atoms with E-state index in [1.165, 1.54) is 12.1 Å². The Morgan fingerprint density at radius 1 is 1.27 bits per heavy atom. The smallest absolute Gasteiger partial charge is 0.261 e. The lowest BCUT2D eigenvalue weighted by Crippen LogP contribution is -2.40. The van der Waals surface area contributed by atoms with E-state index >= 15 is 0 Å². The number of aromatic nitrogens is 1. The summed E-state index contributed by atoms with van der Waals surface area (Å²) in [7, 11) is 1.46. The van der Waals surface area contributed by atoms with Crippen LogP contribution in [-0.4, -0.2) is 58.9 Å². The van der Waals surface area contributed by atoms with Gasteiger partial charge in [0, 0.05) is 26.0 Å². The minimum Gasteiger partial charge on any atom is -0.355 e. The number of pyridine rings is 1. The summed E-state index contributed by atoms with van der Waals surface area (Å²) < 4.78 is 0. The van der Waals surface area contributed by atoms with Gasteiger partial charge in [0.2, 0.25) is 11.8 Å². The monoisotopic (exact) mass is 360 g/mol. The third-order valence-corrected chi connectivity index (χ3v) is 4.81. The van der Waals surface area contributed by atoms with E-state index in [9.17, 15) is 14.4 Å². The number of fused-ring (bicyclic) bond motifs is 1. The summed E-state index contributed by atoms with van der Waals surface area (Å²) >= 11 is 0. The van der Waals surface area contributed by atoms with E-state index in [1.54, 1.807) is 24.5 Å². The van der Waals surface area contributed by atoms with Gasteiger partial charge in [-0.25, -0.2) is 0 Å². The molecular weight excluding hydrogens is 336 g/mol. The van der Waals surface area contributed by atoms with Crippen LogP contribution >= 0.6 is 0 Å². The van der Waals surface area contributed by atoms with E-state index in [4.69, 9.17) is 4.84 Å². The van der Waals surface area contributed by atoms with E-state index in [0.29, 0.717) is 12.5 Å². The van der Waals surface area contributed by atoms with Crippen LogP contribution < -0.4 is 5.32 Å². The molecule has 2 saturated heterocycles. The van der Waals surface area contributed by atoms with Gasteiger partial charge in [-0.1, -0.05) is 13.8 Å². The van der Waals surface area contributed by atoms with Crippen LogP contribution in [0.5, 0.6) is 0 Å². The largest absolute Gasteiger partial charge is 0.355 e. The summed E-state index contributed by atoms with van der Waals surface area (Å²) in [4.78, 5) is 48.0. The van der Waals surface area contributed by atoms with E-state index in [-0.39, 0.29) is 24.3 Å². The molecule has 2 fully saturated rings. The van der Waals surface area contributed by atoms with Crippen LogP contribution in [0.3, 0.4) is 0 Å². The highest BCUT2D eigenvalue weighted by Crippen LogP contribution is 2.43. The fourth-order valence-electron chi connectivity index (χ4n) is 3.38. The molecule has 1 aromatic rings. The van der Waals surface area contributed by atoms with Crippen molar-refractivity contribution in [3.8, 4) is 0 Å². The number of carbonyl (C=O) groups excluding carboxylic acids is 3. The molecule has 0 spiro atoms. The maximum atomic E-state index is 12.5. The number of hydrogen-bond acceptors (Lipinski definition) is 6. The van der Waals surface area contributed by atoms with Crippen molar-refractivity contribution < 1.29 is 19.2 Å². The lowest BCUT2D eigenvalue weighted by molar-refractivity contribution is -0.181. The van der Waals surface area contributed by atoms with Gasteiger partial charge < -0.3 is 5.32 Å². The van der Waals surface area contributed by atoms with Crippen LogP contribution in [0, 0.1) is 11.8 Å². The molecule has 8 nitrogen and oxygen atoms in total. The molecule has 8 heteroatoms. The van der Waals surface area contributed by atoms with Crippen LogP contribution in [0.2, 0.25) is 0 Å². The second kappa shape index (κ2) is 7.51. The molecule has 2 aliphatic heterocycles. The second-order valence-corrected chi connectivity index (χ2v) is 7.12. The number of carbonyl (C=O) groups is 3. The number of rotatable bonds is 6. The molecule has 0 aromatic carbocycles. The Hall–Kier alpha value is -2.32. The fraction of sp³-hybridized carbons (Fsp3) is 0.556. The topological polar surface area (TPSA) is 91.8 Å². The number of amides is 3. The summed E-state index contributed by atoms with van der Waals surface area (Å²) in [5.41, 5.74) is 0.791. The predicted octanol–water partition coefficient (Wildman–Crippen LogP) is 0.516. The lowest BCUT2D eigenvalue weighted by atomic mass is 9.91. The molecule has 3 heterocycles. The van der Waals surface area contributed by atoms with Gasteiger partial charge in [-0.15, -0.1) is 0 Å². The number of hydrogen-bond donors (Lipinski definition) is 1. The van der Waals surface area contributed by atoms with Crippen molar-refractivity contribution in [3.63, 3.8) is 0 Å². The average molecular weight is 360 g/mol. The summed E-state index contributed by atoms with van der Waals surface area (Å²) in [5.74, 6) is -1.02. The molecular formula is C18H24N4O4. The summed E-state index contributed by atoms with van der Waals surface area (Å²) in [5, 5.41) is 4.31. The highest BCUT2D eigenvalue weighted by Gasteiger charge is 2.58. The van der Waals surface area contributed by atoms with Crippen LogP contribution in [-0.2, 0) is 19.2 Å². The Morgan fingerprint density at radius 3 is 2.62 bits per heavy atom. The van der Waals surface area contributed by atoms with Gasteiger partial charge in [0.25, 0.3) is 5.91 Å². The zero-order chi connectivity index (χ0) is 18.8. The first kappa shape index (κ1) is 18.5. The maximum absolute atomic E-state index is 12.5. The summed E-state index contributed by atoms with van der Waals surface area (Å²) in [6.07, 6.45) is 3.24. The minimum atomic E-state index is -0.880. The van der Waals surface area contributed by atoms with Crippen LogP contribution in [0.4, 0.5) is 0 Å². The molecule has 1 aromatic heterocycles. The van der Waals surface area contributed by atoms with Gasteiger partial charge in [-0.05, 0) is 30.0 Å². The van der Waals surface area contributed by atoms with Gasteiger partial charge in [-0.2, -0.15) is 5.06 Å². The third kappa shape index (κ3) is 3.47. The Labute approximate surface area is 152 Å². The van der Waals surface area contributed by atoms with Crippen molar-refractivity contribution in [1.29, 1.82) is 0 Å². The normalized spacial score (nSPS) is 25.8. The highest BCUT2D eigenvalue weighted by atomic mass is 16.7. The summed E-state index contributed by atoms with van der Waals surface area (Å²) in [6.45, 7) is 4.72. The molecule has 3 unspecified atom stereocenters. The van der Waals surface area contributed by atoms with Crippen molar-refractivity contribution >= 4 is 17.7 Å². The quantitative estimate of drug-likeness (QED) is 0.744. The number of nitrogens with zero attached hydrogens (tertiary/aromatic N) is 3. The van der Waals surface area contributed by atoms with Gasteiger partial charge in [-0.3, -0.25) is 29.1 Å². The van der Waals surface area contributed by atoms with E-state index in [2.05, 4.69) is 24.1 Å². The van der Waals surface area contributed by atoms with E-state index in [1.807, 2.05) is 0 Å². The average Bonchev–Trinajstić information content (AvgIpc) is 3.07. The Kier molecular flexibility index (Phi) is 5.33. The lowest BCUT2D eigenvalue weighted by Gasteiger charge is -2.25. The zero-order valence-corrected chi connectivity index (χ0v) is 15.2. The van der Waals surface area contributed by atoms with Crippen LogP contribution in [0.15, 0.2) is 24.5 Å². The first-order valence-electron chi connectivity index (χ1n) is 8.81. The minimum absolute atomic E-state index is 0.0393. The molecule has 0 saturated carbocycles. The fourth-order valence-corrected chi connectivity index (χ4v) is 3.38. The SMILES string of the molecule is CC(C)CCNC(=O)CN1OC2C(=O)N(C)C(=O)C2C1c1ccncc1. The van der Waals surface area contributed by atoms with Crippen molar-refractivity contribution in [3.05, 3.63) is 30.1 Å². The van der Waals surface area contributed by atoms with Gasteiger partial charge in [0.05, 0.1) is 12.0 Å². The molecule has 26 heavy (non-hydrogen) atoms. The van der Waals surface area contributed by atoms with Gasteiger partial charge in [0.15, 0.2) is 6.10 Å². The second-order valence-electron chi connectivity index (χ2n) is 7.12. The van der Waals surface area contributed by atoms with Gasteiger partial charge in [0.1, 0.15) is 6.54 Å². The van der Waals surface area contributed by atoms with E-state index < -0.39 is 18.1 Å². The van der Waals surface area contributed by atoms with Crippen molar-refractivity contribution in [2.45, 2.75) is 32.4 Å². The first-order valence-corrected chi connectivity index (χ1v) is 8.81. The molecule has 3 atom stereocenters. The zero-order valence-electron chi connectivity index (χ0n) is 15.2. The number of likely N-dealkylation sites (tertiary alicyclic amines) is 1. The Balaban J connectivity index is 1.77. The highest BCUT2D eigenvalue weighted by molar-refractivity contribution is 6.07. The maximum Gasteiger partial charge on any atom is 0.261 e. The molecule has 2 aliphatic rings. The van der Waals surface area contributed by atoms with Gasteiger partial charge >= 0.3 is 0 Å². The summed E-state index contributed by atoms with van der Waals surface area (Å²) in [6, 6.07) is 3.05. The number of imide groups is 1. The van der Waals surface area contributed by atoms with Crippen molar-refractivity contribution in [1.82, 2.24) is 20.3 Å². The first-order chi connectivity index (χ1) is 12.4. The van der Waals surface area contributed by atoms with Crippen LogP contribution in [0.25, 0.3) is 0 Å². The van der Waals surface area contributed by atoms with Crippen molar-refractivity contribution in [2.24, 2.45) is 11.8 Å². The molecule has 3 rings (SSSR count). The molecule has 0 bridgehead atoms.